The van der Waals surface area contributed by atoms with E-state index in [1.165, 1.54) is 12.1 Å². The number of halogens is 3. The van der Waals surface area contributed by atoms with Gasteiger partial charge in [-0.25, -0.2) is 13.1 Å². The zero-order valence-corrected chi connectivity index (χ0v) is 16.9. The van der Waals surface area contributed by atoms with Crippen molar-refractivity contribution in [2.75, 3.05) is 0 Å². The zero-order valence-electron chi connectivity index (χ0n) is 16.1. The van der Waals surface area contributed by atoms with E-state index in [9.17, 15) is 31.2 Å². The van der Waals surface area contributed by atoms with Crippen LogP contribution in [-0.2, 0) is 22.7 Å². The Morgan fingerprint density at radius 3 is 2.42 bits per heavy atom. The van der Waals surface area contributed by atoms with E-state index < -0.39 is 38.1 Å². The molecule has 0 unspecified atom stereocenters. The highest BCUT2D eigenvalue weighted by Gasteiger charge is 2.31. The number of rotatable bonds is 6. The minimum Gasteiger partial charge on any atom is -0.272 e. The number of alkyl halides is 3. The largest absolute Gasteiger partial charge is 0.416 e. The van der Waals surface area contributed by atoms with Gasteiger partial charge in [0.05, 0.1) is 15.8 Å². The van der Waals surface area contributed by atoms with E-state index in [0.717, 1.165) is 22.9 Å². The van der Waals surface area contributed by atoms with E-state index in [1.54, 1.807) is 17.0 Å². The number of carbonyl (C=O) groups excluding carboxylic acids is 1. The maximum absolute atomic E-state index is 12.9. The van der Waals surface area contributed by atoms with E-state index in [2.05, 4.69) is 5.10 Å². The van der Waals surface area contributed by atoms with Crippen molar-refractivity contribution >= 4 is 26.7 Å². The summed E-state index contributed by atoms with van der Waals surface area (Å²) in [6.45, 7) is 2.05. The number of nitrogens with one attached hydrogen (secondary N) is 2. The van der Waals surface area contributed by atoms with Crippen LogP contribution >= 0.6 is 0 Å². The molecule has 0 fully saturated rings. The molecule has 0 saturated heterocycles. The van der Waals surface area contributed by atoms with Gasteiger partial charge in [0.15, 0.2) is 5.69 Å². The number of nitrogens with zero attached hydrogens (tertiary/aromatic N) is 2. The molecule has 0 radical (unpaired) electrons. The number of fused-ring (bicyclic) bond motifs is 1. The van der Waals surface area contributed by atoms with Crippen LogP contribution in [0.4, 0.5) is 13.2 Å². The third-order valence-electron chi connectivity index (χ3n) is 4.29. The van der Waals surface area contributed by atoms with Gasteiger partial charge in [-0.2, -0.15) is 18.3 Å². The van der Waals surface area contributed by atoms with E-state index in [0.29, 0.717) is 12.5 Å². The summed E-state index contributed by atoms with van der Waals surface area (Å²) in [5.74, 6) is -0.975. The summed E-state index contributed by atoms with van der Waals surface area (Å²) in [5, 5.41) is 4.44. The number of hydrazine groups is 1. The molecule has 8 nitrogen and oxygen atoms in total. The van der Waals surface area contributed by atoms with Crippen molar-refractivity contribution in [1.29, 1.82) is 0 Å². The maximum atomic E-state index is 12.9. The van der Waals surface area contributed by atoms with Gasteiger partial charge < -0.3 is 0 Å². The average molecular weight is 454 g/mol. The first-order valence-electron chi connectivity index (χ1n) is 9.04. The number of aryl methyl sites for hydroxylation is 1. The number of sulfonamides is 1. The highest BCUT2D eigenvalue weighted by molar-refractivity contribution is 7.89. The van der Waals surface area contributed by atoms with Crippen molar-refractivity contribution in [2.24, 2.45) is 0 Å². The smallest absolute Gasteiger partial charge is 0.272 e. The first-order valence-corrected chi connectivity index (χ1v) is 10.5. The summed E-state index contributed by atoms with van der Waals surface area (Å²) >= 11 is 0. The average Bonchev–Trinajstić information content (AvgIpc) is 2.74. The highest BCUT2D eigenvalue weighted by Crippen LogP contribution is 2.30. The first kappa shape index (κ1) is 22.4. The lowest BCUT2D eigenvalue weighted by atomic mass is 10.1. The Balaban J connectivity index is 1.91. The van der Waals surface area contributed by atoms with Crippen LogP contribution < -0.4 is 15.8 Å². The van der Waals surface area contributed by atoms with E-state index >= 15 is 0 Å². The van der Waals surface area contributed by atoms with Crippen LogP contribution in [0, 0.1) is 0 Å². The number of aromatic nitrogens is 2. The molecule has 31 heavy (non-hydrogen) atoms. The van der Waals surface area contributed by atoms with E-state index in [4.69, 9.17) is 0 Å². The van der Waals surface area contributed by atoms with Crippen molar-refractivity contribution in [1.82, 2.24) is 20.0 Å². The van der Waals surface area contributed by atoms with Gasteiger partial charge in [-0.1, -0.05) is 31.2 Å². The van der Waals surface area contributed by atoms with Crippen molar-refractivity contribution in [3.05, 3.63) is 70.1 Å². The molecule has 0 bridgehead atoms. The number of carbonyl (C=O) groups is 1. The molecule has 0 aliphatic heterocycles. The third kappa shape index (κ3) is 4.75. The fraction of sp³-hybridized carbons (Fsp3) is 0.211. The van der Waals surface area contributed by atoms with Gasteiger partial charge in [0.1, 0.15) is 0 Å². The number of benzene rings is 2. The van der Waals surface area contributed by atoms with Crippen LogP contribution in [0.5, 0.6) is 0 Å². The lowest BCUT2D eigenvalue weighted by Gasteiger charge is -2.12. The van der Waals surface area contributed by atoms with Gasteiger partial charge in [-0.15, -0.1) is 4.83 Å². The van der Waals surface area contributed by atoms with Crippen LogP contribution in [-0.4, -0.2) is 24.1 Å². The highest BCUT2D eigenvalue weighted by atomic mass is 32.2. The Bertz CT molecular complexity index is 1300. The van der Waals surface area contributed by atoms with E-state index in [1.807, 2.05) is 12.3 Å². The Hall–Kier alpha value is -3.25. The second kappa shape index (κ2) is 8.47. The molecule has 0 aliphatic carbocycles. The van der Waals surface area contributed by atoms with Crippen LogP contribution in [0.25, 0.3) is 10.8 Å². The molecular formula is C19H17F3N4O4S. The Morgan fingerprint density at radius 1 is 1.10 bits per heavy atom. The molecule has 1 amide bonds. The predicted octanol–water partition coefficient (Wildman–Crippen LogP) is 2.45. The Labute approximate surface area is 174 Å². The quantitative estimate of drug-likeness (QED) is 0.556. The fourth-order valence-corrected chi connectivity index (χ4v) is 3.72. The Morgan fingerprint density at radius 2 is 1.77 bits per heavy atom. The molecule has 0 saturated carbocycles. The van der Waals surface area contributed by atoms with Crippen LogP contribution in [0.15, 0.2) is 58.2 Å². The Kier molecular flexibility index (Phi) is 6.13. The van der Waals surface area contributed by atoms with Gasteiger partial charge in [0.25, 0.3) is 21.5 Å². The molecule has 2 N–H and O–H groups in total. The lowest BCUT2D eigenvalue weighted by Crippen LogP contribution is -2.42. The first-order chi connectivity index (χ1) is 14.5. The molecule has 164 valence electrons. The second-order valence-corrected chi connectivity index (χ2v) is 8.19. The topological polar surface area (TPSA) is 110 Å². The lowest BCUT2D eigenvalue weighted by molar-refractivity contribution is -0.137. The normalized spacial score (nSPS) is 12.1. The molecule has 3 rings (SSSR count). The molecule has 12 heteroatoms. The monoisotopic (exact) mass is 454 g/mol. The standard InChI is InChI=1S/C19H17F3N4O4S/c1-2-10-26-18(28)15-9-4-3-8-14(15)16(24-26)17(27)23-25-31(29,30)13-7-5-6-12(11-13)19(20,21)22/h3-9,11,25H,2,10H2,1H3,(H,23,27). The summed E-state index contributed by atoms with van der Waals surface area (Å²) in [6, 6.07) is 9.25. The minimum absolute atomic E-state index is 0.204. The molecule has 1 heterocycles. The second-order valence-electron chi connectivity index (χ2n) is 6.51. The van der Waals surface area contributed by atoms with Gasteiger partial charge in [-0.05, 0) is 30.7 Å². The summed E-state index contributed by atoms with van der Waals surface area (Å²) in [4.78, 5) is 26.2. The van der Waals surface area contributed by atoms with Crippen molar-refractivity contribution < 1.29 is 26.4 Å². The van der Waals surface area contributed by atoms with Crippen LogP contribution in [0.1, 0.15) is 29.4 Å². The molecule has 0 atom stereocenters. The van der Waals surface area contributed by atoms with Gasteiger partial charge >= 0.3 is 6.18 Å². The van der Waals surface area contributed by atoms with Crippen molar-refractivity contribution in [3.63, 3.8) is 0 Å². The van der Waals surface area contributed by atoms with Crippen molar-refractivity contribution in [2.45, 2.75) is 31.0 Å². The molecule has 1 aromatic heterocycles. The maximum Gasteiger partial charge on any atom is 0.416 e. The molecule has 0 aliphatic rings. The van der Waals surface area contributed by atoms with Crippen LogP contribution in [0.3, 0.4) is 0 Å². The fourth-order valence-electron chi connectivity index (χ4n) is 2.84. The third-order valence-corrected chi connectivity index (χ3v) is 5.53. The summed E-state index contributed by atoms with van der Waals surface area (Å²) in [6.07, 6.45) is -4.17. The van der Waals surface area contributed by atoms with Gasteiger partial charge in [-0.3, -0.25) is 15.0 Å². The zero-order chi connectivity index (χ0) is 22.8. The summed E-state index contributed by atoms with van der Waals surface area (Å²) < 4.78 is 64.4. The summed E-state index contributed by atoms with van der Waals surface area (Å²) in [7, 11) is -4.51. The molecular weight excluding hydrogens is 437 g/mol. The number of amides is 1. The SMILES string of the molecule is CCCn1nc(C(=O)NNS(=O)(=O)c2cccc(C(F)(F)F)c2)c2ccccc2c1=O. The van der Waals surface area contributed by atoms with Crippen LogP contribution in [0.2, 0.25) is 0 Å². The van der Waals surface area contributed by atoms with Crippen molar-refractivity contribution in [3.8, 4) is 0 Å². The van der Waals surface area contributed by atoms with Gasteiger partial charge in [0.2, 0.25) is 0 Å². The summed E-state index contributed by atoms with van der Waals surface area (Å²) in [5.41, 5.74) is 0.172. The molecule has 3 aromatic rings. The minimum atomic E-state index is -4.73. The number of hydrogen-bond donors (Lipinski definition) is 2. The van der Waals surface area contributed by atoms with E-state index in [-0.39, 0.29) is 23.0 Å². The molecule has 0 spiro atoms. The molecule has 2 aromatic carbocycles. The number of hydrogen-bond acceptors (Lipinski definition) is 5. The van der Waals surface area contributed by atoms with Gasteiger partial charge in [0, 0.05) is 11.9 Å². The predicted molar refractivity (Wildman–Crippen MR) is 106 cm³/mol.